The largest absolute Gasteiger partial charge is 0.454 e. The minimum absolute atomic E-state index is 0.126. The van der Waals surface area contributed by atoms with Crippen molar-refractivity contribution >= 4 is 44.5 Å². The first kappa shape index (κ1) is 21.7. The van der Waals surface area contributed by atoms with Crippen LogP contribution < -0.4 is 5.56 Å². The van der Waals surface area contributed by atoms with Crippen LogP contribution in [0.4, 0.5) is 0 Å². The highest BCUT2D eigenvalue weighted by Gasteiger charge is 2.17. The van der Waals surface area contributed by atoms with Crippen LogP contribution in [0.1, 0.15) is 21.8 Å². The third-order valence-corrected chi connectivity index (χ3v) is 6.54. The lowest BCUT2D eigenvalue weighted by molar-refractivity contribution is -0.139. The summed E-state index contributed by atoms with van der Waals surface area (Å²) in [5.41, 5.74) is 4.41. The minimum atomic E-state index is -0.529. The second-order valence-electron chi connectivity index (χ2n) is 7.96. The number of thiophene rings is 1. The fraction of sp³-hybridized carbons (Fsp3) is 0.111. The number of pyridine rings is 1. The van der Waals surface area contributed by atoms with Gasteiger partial charge in [0.1, 0.15) is 17.3 Å². The lowest BCUT2D eigenvalue weighted by atomic mass is 10.0. The van der Waals surface area contributed by atoms with Crippen molar-refractivity contribution < 1.29 is 9.53 Å². The number of carbonyl (C=O) groups is 1. The van der Waals surface area contributed by atoms with Gasteiger partial charge in [0.2, 0.25) is 0 Å². The number of esters is 1. The highest BCUT2D eigenvalue weighted by atomic mass is 32.1. The molecule has 1 N–H and O–H groups in total. The van der Waals surface area contributed by atoms with E-state index < -0.39 is 5.97 Å². The smallest absolute Gasteiger partial charge is 0.331 e. The molecule has 0 saturated carbocycles. The minimum Gasteiger partial charge on any atom is -0.454 e. The molecule has 0 fully saturated rings. The molecule has 5 rings (SSSR count). The Morgan fingerprint density at radius 1 is 1.09 bits per heavy atom. The van der Waals surface area contributed by atoms with E-state index in [1.165, 1.54) is 17.4 Å². The molecule has 0 aliphatic rings. The van der Waals surface area contributed by atoms with Crippen LogP contribution in [0.15, 0.2) is 71.7 Å². The van der Waals surface area contributed by atoms with Gasteiger partial charge in [0.15, 0.2) is 0 Å². The Bertz CT molecular complexity index is 1610. The van der Waals surface area contributed by atoms with Gasteiger partial charge in [0.05, 0.1) is 10.9 Å². The third-order valence-electron chi connectivity index (χ3n) is 5.54. The molecular weight excluding hydrogens is 446 g/mol. The Morgan fingerprint density at radius 3 is 2.71 bits per heavy atom. The number of hydrogen-bond acceptors (Lipinski definition) is 6. The van der Waals surface area contributed by atoms with Gasteiger partial charge in [-0.25, -0.2) is 9.78 Å². The highest BCUT2D eigenvalue weighted by Crippen LogP contribution is 2.35. The number of nitrogens with zero attached hydrogens (tertiary/aromatic N) is 2. The summed E-state index contributed by atoms with van der Waals surface area (Å²) in [5.74, 6) is -0.221. The van der Waals surface area contributed by atoms with Crippen molar-refractivity contribution in [1.29, 1.82) is 0 Å². The van der Waals surface area contributed by atoms with E-state index in [9.17, 15) is 9.59 Å². The maximum absolute atomic E-state index is 12.9. The van der Waals surface area contributed by atoms with Gasteiger partial charge in [-0.2, -0.15) is 0 Å². The third kappa shape index (κ3) is 4.25. The van der Waals surface area contributed by atoms with Gasteiger partial charge >= 0.3 is 5.97 Å². The molecule has 0 spiro atoms. The maximum Gasteiger partial charge on any atom is 0.331 e. The standard InChI is InChI=1S/C27H21N3O3S/c1-16-8-10-18(11-9-16)23-17(2)34-27-24(23)26(32)29-21(30-27)15-33-22(31)13-12-20-6-3-5-19-7-4-14-28-25(19)20/h3-14H,15H2,1-2H3,(H,29,30,32)/b13-12+. The number of aryl methyl sites for hydroxylation is 2. The number of H-pyrrole nitrogens is 1. The summed E-state index contributed by atoms with van der Waals surface area (Å²) < 4.78 is 5.33. The normalized spacial score (nSPS) is 11.5. The molecule has 0 amide bonds. The quantitative estimate of drug-likeness (QED) is 0.270. The van der Waals surface area contributed by atoms with Crippen molar-refractivity contribution in [3.63, 3.8) is 0 Å². The van der Waals surface area contributed by atoms with Crippen molar-refractivity contribution in [2.24, 2.45) is 0 Å². The van der Waals surface area contributed by atoms with Gasteiger partial charge in [-0.15, -0.1) is 11.3 Å². The first-order chi connectivity index (χ1) is 16.5. The van der Waals surface area contributed by atoms with Crippen LogP contribution in [0.25, 0.3) is 38.3 Å². The molecule has 7 heteroatoms. The number of aromatic nitrogens is 3. The van der Waals surface area contributed by atoms with Gasteiger partial charge < -0.3 is 9.72 Å². The summed E-state index contributed by atoms with van der Waals surface area (Å²) in [4.78, 5) is 38.5. The Labute approximate surface area is 199 Å². The second kappa shape index (κ2) is 9.03. The number of para-hydroxylation sites is 1. The van der Waals surface area contributed by atoms with Crippen LogP contribution in [0, 0.1) is 13.8 Å². The zero-order valence-corrected chi connectivity index (χ0v) is 19.5. The van der Waals surface area contributed by atoms with Crippen molar-refractivity contribution in [2.45, 2.75) is 20.5 Å². The van der Waals surface area contributed by atoms with E-state index in [4.69, 9.17) is 4.74 Å². The first-order valence-corrected chi connectivity index (χ1v) is 11.6. The molecule has 0 bridgehead atoms. The lowest BCUT2D eigenvalue weighted by Crippen LogP contribution is -2.13. The molecular formula is C27H21N3O3S. The van der Waals surface area contributed by atoms with Gasteiger partial charge in [-0.05, 0) is 31.6 Å². The molecule has 168 valence electrons. The highest BCUT2D eigenvalue weighted by molar-refractivity contribution is 7.19. The van der Waals surface area contributed by atoms with Crippen LogP contribution in [0.3, 0.4) is 0 Å². The first-order valence-electron chi connectivity index (χ1n) is 10.8. The summed E-state index contributed by atoms with van der Waals surface area (Å²) >= 11 is 1.46. The summed E-state index contributed by atoms with van der Waals surface area (Å²) in [6, 6.07) is 17.7. The summed E-state index contributed by atoms with van der Waals surface area (Å²) in [6.45, 7) is 3.88. The van der Waals surface area contributed by atoms with Crippen LogP contribution in [0.5, 0.6) is 0 Å². The van der Waals surface area contributed by atoms with E-state index in [1.807, 2.05) is 68.4 Å². The molecule has 2 aromatic carbocycles. The van der Waals surface area contributed by atoms with Gasteiger partial charge in [-0.1, -0.05) is 54.1 Å². The van der Waals surface area contributed by atoms with Crippen LogP contribution >= 0.6 is 11.3 Å². The van der Waals surface area contributed by atoms with E-state index in [2.05, 4.69) is 15.0 Å². The molecule has 0 aliphatic heterocycles. The number of rotatable bonds is 5. The average Bonchev–Trinajstić information content (AvgIpc) is 3.18. The maximum atomic E-state index is 12.9. The average molecular weight is 468 g/mol. The van der Waals surface area contributed by atoms with E-state index in [0.717, 1.165) is 38.0 Å². The van der Waals surface area contributed by atoms with Crippen molar-refractivity contribution in [2.75, 3.05) is 0 Å². The summed E-state index contributed by atoms with van der Waals surface area (Å²) in [5, 5.41) is 1.55. The molecule has 3 aromatic heterocycles. The van der Waals surface area contributed by atoms with E-state index in [1.54, 1.807) is 12.3 Å². The number of ether oxygens (including phenoxy) is 1. The molecule has 5 aromatic rings. The molecule has 3 heterocycles. The van der Waals surface area contributed by atoms with Crippen molar-refractivity contribution in [3.05, 3.63) is 99.1 Å². The molecule has 0 unspecified atom stereocenters. The number of nitrogens with one attached hydrogen (secondary N) is 1. The Morgan fingerprint density at radius 2 is 1.88 bits per heavy atom. The predicted molar refractivity (Wildman–Crippen MR) is 136 cm³/mol. The van der Waals surface area contributed by atoms with E-state index in [0.29, 0.717) is 16.0 Å². The van der Waals surface area contributed by atoms with Gasteiger partial charge in [0.25, 0.3) is 5.56 Å². The molecule has 0 saturated heterocycles. The molecule has 6 nitrogen and oxygen atoms in total. The lowest BCUT2D eigenvalue weighted by Gasteiger charge is -2.04. The van der Waals surface area contributed by atoms with Gasteiger partial charge in [0, 0.05) is 33.7 Å². The molecule has 0 atom stereocenters. The molecule has 0 aliphatic carbocycles. The molecule has 34 heavy (non-hydrogen) atoms. The SMILES string of the molecule is Cc1ccc(-c2c(C)sc3nc(COC(=O)/C=C/c4cccc5cccnc45)[nH]c(=O)c23)cc1. The Hall–Kier alpha value is -4.10. The zero-order chi connectivity index (χ0) is 23.7. The topological polar surface area (TPSA) is 84.9 Å². The number of benzene rings is 2. The Balaban J connectivity index is 1.35. The predicted octanol–water partition coefficient (Wildman–Crippen LogP) is 5.57. The number of hydrogen-bond donors (Lipinski definition) is 1. The Kier molecular flexibility index (Phi) is 5.77. The van der Waals surface area contributed by atoms with Crippen LogP contribution in [-0.2, 0) is 16.1 Å². The fourth-order valence-corrected chi connectivity index (χ4v) is 4.97. The van der Waals surface area contributed by atoms with Crippen LogP contribution in [-0.4, -0.2) is 20.9 Å². The molecule has 0 radical (unpaired) electrons. The van der Waals surface area contributed by atoms with Crippen LogP contribution in [0.2, 0.25) is 0 Å². The van der Waals surface area contributed by atoms with Crippen molar-refractivity contribution in [3.8, 4) is 11.1 Å². The summed E-state index contributed by atoms with van der Waals surface area (Å²) in [7, 11) is 0. The van der Waals surface area contributed by atoms with E-state index >= 15 is 0 Å². The fourth-order valence-electron chi connectivity index (χ4n) is 3.91. The zero-order valence-electron chi connectivity index (χ0n) is 18.7. The number of carbonyl (C=O) groups excluding carboxylic acids is 1. The van der Waals surface area contributed by atoms with Crippen molar-refractivity contribution in [1.82, 2.24) is 15.0 Å². The van der Waals surface area contributed by atoms with Gasteiger partial charge in [-0.3, -0.25) is 9.78 Å². The summed E-state index contributed by atoms with van der Waals surface area (Å²) in [6.07, 6.45) is 4.74. The number of aromatic amines is 1. The second-order valence-corrected chi connectivity index (χ2v) is 9.16. The van der Waals surface area contributed by atoms with E-state index in [-0.39, 0.29) is 12.2 Å². The monoisotopic (exact) mass is 467 g/mol. The number of fused-ring (bicyclic) bond motifs is 2.